The fourth-order valence-electron chi connectivity index (χ4n) is 1.46. The van der Waals surface area contributed by atoms with E-state index in [1.54, 1.807) is 30.4 Å². The third kappa shape index (κ3) is 3.46. The van der Waals surface area contributed by atoms with Crippen LogP contribution < -0.4 is 5.73 Å². The summed E-state index contributed by atoms with van der Waals surface area (Å²) >= 11 is 1.31. The van der Waals surface area contributed by atoms with Gasteiger partial charge in [-0.25, -0.2) is 0 Å². The van der Waals surface area contributed by atoms with Crippen molar-refractivity contribution in [1.82, 2.24) is 9.80 Å². The lowest BCUT2D eigenvalue weighted by atomic mass is 10.3. The molecular formula is C12H19N3O2S. The number of carbonyl (C=O) groups excluding carboxylic acids is 2. The topological polar surface area (TPSA) is 66.6 Å². The molecule has 6 heteroatoms. The summed E-state index contributed by atoms with van der Waals surface area (Å²) in [5.41, 5.74) is 6.21. The van der Waals surface area contributed by atoms with Crippen molar-refractivity contribution in [3.05, 3.63) is 16.3 Å². The quantitative estimate of drug-likeness (QED) is 0.875. The van der Waals surface area contributed by atoms with E-state index in [9.17, 15) is 9.59 Å². The molecule has 0 saturated heterocycles. The zero-order chi connectivity index (χ0) is 13.7. The van der Waals surface area contributed by atoms with E-state index in [1.165, 1.54) is 16.2 Å². The van der Waals surface area contributed by atoms with E-state index >= 15 is 0 Å². The molecule has 0 radical (unpaired) electrons. The summed E-state index contributed by atoms with van der Waals surface area (Å²) in [6, 6.07) is 1.70. The standard InChI is InChI=1S/C12H19N3O2S/c1-4-6-15(8-10(16)14(2)3)12(17)11-9(13)5-7-18-11/h5,7H,4,6,8,13H2,1-3H3. The Labute approximate surface area is 111 Å². The molecule has 2 N–H and O–H groups in total. The van der Waals surface area contributed by atoms with E-state index in [1.807, 2.05) is 6.92 Å². The first-order valence-electron chi connectivity index (χ1n) is 5.79. The highest BCUT2D eigenvalue weighted by molar-refractivity contribution is 7.12. The van der Waals surface area contributed by atoms with Gasteiger partial charge in [0.15, 0.2) is 0 Å². The van der Waals surface area contributed by atoms with Gasteiger partial charge in [0.25, 0.3) is 5.91 Å². The minimum Gasteiger partial charge on any atom is -0.397 e. The van der Waals surface area contributed by atoms with Crippen molar-refractivity contribution in [2.24, 2.45) is 0 Å². The van der Waals surface area contributed by atoms with Gasteiger partial charge < -0.3 is 15.5 Å². The van der Waals surface area contributed by atoms with Crippen molar-refractivity contribution >= 4 is 28.8 Å². The van der Waals surface area contributed by atoms with Gasteiger partial charge in [0.2, 0.25) is 5.91 Å². The molecule has 1 heterocycles. The monoisotopic (exact) mass is 269 g/mol. The summed E-state index contributed by atoms with van der Waals surface area (Å²) in [5.74, 6) is -0.258. The third-order valence-corrected chi connectivity index (χ3v) is 3.41. The second kappa shape index (κ2) is 6.39. The number of amides is 2. The molecule has 0 bridgehead atoms. The first kappa shape index (κ1) is 14.5. The number of rotatable bonds is 5. The fraction of sp³-hybridized carbons (Fsp3) is 0.500. The molecule has 1 aromatic heterocycles. The maximum atomic E-state index is 12.3. The van der Waals surface area contributed by atoms with Crippen LogP contribution in [0.25, 0.3) is 0 Å². The summed E-state index contributed by atoms with van der Waals surface area (Å²) < 4.78 is 0. The Hall–Kier alpha value is -1.56. The number of carbonyl (C=O) groups is 2. The second-order valence-electron chi connectivity index (χ2n) is 4.22. The molecule has 0 spiro atoms. The zero-order valence-corrected chi connectivity index (χ0v) is 11.8. The lowest BCUT2D eigenvalue weighted by Gasteiger charge is -2.23. The van der Waals surface area contributed by atoms with E-state index < -0.39 is 0 Å². The number of hydrogen-bond acceptors (Lipinski definition) is 4. The predicted octanol–water partition coefficient (Wildman–Crippen LogP) is 1.27. The van der Waals surface area contributed by atoms with Crippen molar-refractivity contribution in [2.45, 2.75) is 13.3 Å². The molecule has 0 aliphatic rings. The van der Waals surface area contributed by atoms with Gasteiger partial charge in [-0.1, -0.05) is 6.92 Å². The van der Waals surface area contributed by atoms with Gasteiger partial charge in [0, 0.05) is 20.6 Å². The van der Waals surface area contributed by atoms with Crippen LogP contribution in [0, 0.1) is 0 Å². The largest absolute Gasteiger partial charge is 0.397 e. The zero-order valence-electron chi connectivity index (χ0n) is 11.0. The Kier molecular flexibility index (Phi) is 5.15. The number of thiophene rings is 1. The Morgan fingerprint density at radius 1 is 1.39 bits per heavy atom. The number of anilines is 1. The van der Waals surface area contributed by atoms with Crippen molar-refractivity contribution in [2.75, 3.05) is 32.9 Å². The van der Waals surface area contributed by atoms with E-state index in [2.05, 4.69) is 0 Å². The molecule has 0 saturated carbocycles. The maximum absolute atomic E-state index is 12.3. The lowest BCUT2D eigenvalue weighted by Crippen LogP contribution is -2.40. The normalized spacial score (nSPS) is 10.2. The van der Waals surface area contributed by atoms with Crippen LogP contribution in [-0.4, -0.2) is 48.8 Å². The van der Waals surface area contributed by atoms with Crippen molar-refractivity contribution in [1.29, 1.82) is 0 Å². The van der Waals surface area contributed by atoms with Gasteiger partial charge >= 0.3 is 0 Å². The van der Waals surface area contributed by atoms with Crippen LogP contribution in [0.5, 0.6) is 0 Å². The molecule has 0 aliphatic heterocycles. The molecule has 1 rings (SSSR count). The van der Waals surface area contributed by atoms with Crippen LogP contribution in [0.3, 0.4) is 0 Å². The SMILES string of the molecule is CCCN(CC(=O)N(C)C)C(=O)c1sccc1N. The van der Waals surface area contributed by atoms with E-state index in [4.69, 9.17) is 5.73 Å². The summed E-state index contributed by atoms with van der Waals surface area (Å²) in [5, 5.41) is 1.78. The van der Waals surface area contributed by atoms with E-state index in [-0.39, 0.29) is 18.4 Å². The predicted molar refractivity (Wildman–Crippen MR) is 73.6 cm³/mol. The molecule has 1 aromatic rings. The van der Waals surface area contributed by atoms with Gasteiger partial charge in [-0.15, -0.1) is 11.3 Å². The molecular weight excluding hydrogens is 250 g/mol. The minimum atomic E-state index is -0.167. The van der Waals surface area contributed by atoms with E-state index in [0.717, 1.165) is 6.42 Å². The van der Waals surface area contributed by atoms with Crippen LogP contribution in [0.15, 0.2) is 11.4 Å². The smallest absolute Gasteiger partial charge is 0.266 e. The Bertz CT molecular complexity index is 429. The number of hydrogen-bond donors (Lipinski definition) is 1. The van der Waals surface area contributed by atoms with Crippen LogP contribution in [-0.2, 0) is 4.79 Å². The number of nitrogens with zero attached hydrogens (tertiary/aromatic N) is 2. The molecule has 18 heavy (non-hydrogen) atoms. The fourth-order valence-corrected chi connectivity index (χ4v) is 2.25. The van der Waals surface area contributed by atoms with Gasteiger partial charge in [-0.2, -0.15) is 0 Å². The third-order valence-electron chi connectivity index (χ3n) is 2.50. The maximum Gasteiger partial charge on any atom is 0.266 e. The number of likely N-dealkylation sites (N-methyl/N-ethyl adjacent to an activating group) is 1. The Morgan fingerprint density at radius 3 is 2.50 bits per heavy atom. The molecule has 0 aromatic carbocycles. The highest BCUT2D eigenvalue weighted by Crippen LogP contribution is 2.21. The molecule has 0 aliphatic carbocycles. The van der Waals surface area contributed by atoms with Crippen LogP contribution in [0.2, 0.25) is 0 Å². The molecule has 0 fully saturated rings. The second-order valence-corrected chi connectivity index (χ2v) is 5.14. The molecule has 5 nitrogen and oxygen atoms in total. The molecule has 0 unspecified atom stereocenters. The average Bonchev–Trinajstić information content (AvgIpc) is 2.73. The first-order valence-corrected chi connectivity index (χ1v) is 6.67. The summed E-state index contributed by atoms with van der Waals surface area (Å²) in [4.78, 5) is 27.5. The minimum absolute atomic E-state index is 0.0908. The van der Waals surface area contributed by atoms with Gasteiger partial charge in [-0.05, 0) is 17.9 Å². The lowest BCUT2D eigenvalue weighted by molar-refractivity contribution is -0.129. The number of nitrogens with two attached hydrogens (primary N) is 1. The van der Waals surface area contributed by atoms with Crippen molar-refractivity contribution in [3.8, 4) is 0 Å². The summed E-state index contributed by atoms with van der Waals surface area (Å²) in [7, 11) is 3.35. The van der Waals surface area contributed by atoms with Gasteiger partial charge in [0.05, 0.1) is 5.69 Å². The van der Waals surface area contributed by atoms with Gasteiger partial charge in [-0.3, -0.25) is 9.59 Å². The molecule has 2 amide bonds. The van der Waals surface area contributed by atoms with Gasteiger partial charge in [0.1, 0.15) is 11.4 Å². The number of nitrogen functional groups attached to an aromatic ring is 1. The first-order chi connectivity index (χ1) is 8.47. The highest BCUT2D eigenvalue weighted by Gasteiger charge is 2.21. The Morgan fingerprint density at radius 2 is 2.06 bits per heavy atom. The van der Waals surface area contributed by atoms with Crippen LogP contribution in [0.4, 0.5) is 5.69 Å². The molecule has 100 valence electrons. The Balaban J connectivity index is 2.82. The summed E-state index contributed by atoms with van der Waals surface area (Å²) in [6.07, 6.45) is 0.803. The highest BCUT2D eigenvalue weighted by atomic mass is 32.1. The van der Waals surface area contributed by atoms with Crippen LogP contribution >= 0.6 is 11.3 Å². The van der Waals surface area contributed by atoms with Crippen LogP contribution in [0.1, 0.15) is 23.0 Å². The average molecular weight is 269 g/mol. The molecule has 0 atom stereocenters. The van der Waals surface area contributed by atoms with E-state index in [0.29, 0.717) is 17.1 Å². The van der Waals surface area contributed by atoms with Crippen molar-refractivity contribution in [3.63, 3.8) is 0 Å². The summed E-state index contributed by atoms with van der Waals surface area (Å²) in [6.45, 7) is 2.62. The van der Waals surface area contributed by atoms with Crippen molar-refractivity contribution < 1.29 is 9.59 Å².